The molecule has 1 rings (SSSR count). The Morgan fingerprint density at radius 3 is 2.43 bits per heavy atom. The molecule has 0 heterocycles. The van der Waals surface area contributed by atoms with Crippen LogP contribution in [0.3, 0.4) is 0 Å². The molecule has 1 unspecified atom stereocenters. The van der Waals surface area contributed by atoms with Crippen LogP contribution in [0.15, 0.2) is 17.0 Å². The third-order valence-corrected chi connectivity index (χ3v) is 4.78. The molecule has 2 N–H and O–H groups in total. The third-order valence-electron chi connectivity index (χ3n) is 3.25. The van der Waals surface area contributed by atoms with E-state index in [0.29, 0.717) is 12.8 Å². The van der Waals surface area contributed by atoms with Crippen LogP contribution in [-0.4, -0.2) is 21.5 Å². The van der Waals surface area contributed by atoms with E-state index in [1.165, 1.54) is 7.05 Å². The lowest BCUT2D eigenvalue weighted by molar-refractivity contribution is 0.497. The summed E-state index contributed by atoms with van der Waals surface area (Å²) in [5, 5.41) is 2.62. The topological polar surface area (TPSA) is 58.2 Å². The number of halogens is 2. The largest absolute Gasteiger partial charge is 0.315 e. The van der Waals surface area contributed by atoms with Gasteiger partial charge in [0.2, 0.25) is 10.0 Å². The van der Waals surface area contributed by atoms with E-state index >= 15 is 0 Å². The van der Waals surface area contributed by atoms with Gasteiger partial charge in [-0.2, -0.15) is 0 Å². The maximum atomic E-state index is 14.3. The monoisotopic (exact) mass is 320 g/mol. The molecule has 0 spiro atoms. The number of hydrogen-bond donors (Lipinski definition) is 2. The van der Waals surface area contributed by atoms with Gasteiger partial charge in [0.15, 0.2) is 5.82 Å². The van der Waals surface area contributed by atoms with Gasteiger partial charge in [-0.15, -0.1) is 0 Å². The maximum absolute atomic E-state index is 14.3. The summed E-state index contributed by atoms with van der Waals surface area (Å²) in [5.41, 5.74) is -0.274. The lowest BCUT2D eigenvalue weighted by Crippen LogP contribution is -2.35. The molecule has 1 aromatic rings. The number of hydrogen-bond acceptors (Lipinski definition) is 3. The average molecular weight is 320 g/mol. The van der Waals surface area contributed by atoms with Gasteiger partial charge >= 0.3 is 0 Å². The highest BCUT2D eigenvalue weighted by Crippen LogP contribution is 2.21. The molecular weight excluding hydrogens is 298 g/mol. The molecule has 1 atom stereocenters. The van der Waals surface area contributed by atoms with Crippen LogP contribution >= 0.6 is 0 Å². The zero-order valence-corrected chi connectivity index (χ0v) is 13.4. The molecule has 7 heteroatoms. The summed E-state index contributed by atoms with van der Waals surface area (Å²) in [7, 11) is -2.47. The Kier molecular flexibility index (Phi) is 6.70. The molecule has 0 aliphatic heterocycles. The minimum Gasteiger partial charge on any atom is -0.315 e. The van der Waals surface area contributed by atoms with E-state index in [4.69, 9.17) is 0 Å². The second-order valence-corrected chi connectivity index (χ2v) is 6.57. The van der Waals surface area contributed by atoms with Gasteiger partial charge in [0.25, 0.3) is 0 Å². The highest BCUT2D eigenvalue weighted by Gasteiger charge is 2.25. The van der Waals surface area contributed by atoms with Gasteiger partial charge < -0.3 is 5.32 Å². The van der Waals surface area contributed by atoms with Crippen LogP contribution in [0.2, 0.25) is 0 Å². The third kappa shape index (κ3) is 4.46. The van der Waals surface area contributed by atoms with Crippen LogP contribution in [0, 0.1) is 11.6 Å². The summed E-state index contributed by atoms with van der Waals surface area (Å²) in [4.78, 5) is -0.510. The number of sulfonamides is 1. The fourth-order valence-corrected chi connectivity index (χ4v) is 3.56. The van der Waals surface area contributed by atoms with Crippen molar-refractivity contribution in [2.45, 2.75) is 50.6 Å². The zero-order valence-electron chi connectivity index (χ0n) is 12.5. The molecule has 0 saturated heterocycles. The second-order valence-electron chi connectivity index (χ2n) is 4.88. The zero-order chi connectivity index (χ0) is 16.0. The van der Waals surface area contributed by atoms with Crippen molar-refractivity contribution in [3.63, 3.8) is 0 Å². The molecule has 0 bridgehead atoms. The summed E-state index contributed by atoms with van der Waals surface area (Å²) in [6, 6.07) is 1.69. The molecule has 120 valence electrons. The summed E-state index contributed by atoms with van der Waals surface area (Å²) >= 11 is 0. The van der Waals surface area contributed by atoms with Gasteiger partial charge in [0.1, 0.15) is 10.7 Å². The highest BCUT2D eigenvalue weighted by atomic mass is 32.2. The van der Waals surface area contributed by atoms with Crippen molar-refractivity contribution < 1.29 is 17.2 Å². The fraction of sp³-hybridized carbons (Fsp3) is 0.571. The van der Waals surface area contributed by atoms with Gasteiger partial charge in [-0.1, -0.05) is 20.3 Å². The first kappa shape index (κ1) is 18.0. The fourth-order valence-electron chi connectivity index (χ4n) is 2.10. The number of nitrogens with one attached hydrogen (secondary N) is 2. The van der Waals surface area contributed by atoms with Gasteiger partial charge in [0, 0.05) is 18.2 Å². The number of benzene rings is 1. The lowest BCUT2D eigenvalue weighted by Gasteiger charge is -2.17. The van der Waals surface area contributed by atoms with E-state index in [2.05, 4.69) is 10.0 Å². The van der Waals surface area contributed by atoms with Crippen LogP contribution in [0.4, 0.5) is 8.78 Å². The van der Waals surface area contributed by atoms with Crippen molar-refractivity contribution in [3.05, 3.63) is 29.3 Å². The predicted molar refractivity (Wildman–Crippen MR) is 78.4 cm³/mol. The summed E-state index contributed by atoms with van der Waals surface area (Å²) in [6.07, 6.45) is 2.10. The van der Waals surface area contributed by atoms with Crippen molar-refractivity contribution >= 4 is 10.0 Å². The van der Waals surface area contributed by atoms with E-state index in [9.17, 15) is 17.2 Å². The highest BCUT2D eigenvalue weighted by molar-refractivity contribution is 7.89. The molecule has 1 aromatic carbocycles. The van der Waals surface area contributed by atoms with Crippen LogP contribution in [0.25, 0.3) is 0 Å². The molecule has 4 nitrogen and oxygen atoms in total. The van der Waals surface area contributed by atoms with Gasteiger partial charge in [-0.05, 0) is 32.0 Å². The van der Waals surface area contributed by atoms with Crippen molar-refractivity contribution in [1.29, 1.82) is 0 Å². The smallest absolute Gasteiger partial charge is 0.243 e. The molecule has 0 fully saturated rings. The molecule has 0 amide bonds. The first-order valence-corrected chi connectivity index (χ1v) is 8.49. The Morgan fingerprint density at radius 1 is 1.24 bits per heavy atom. The van der Waals surface area contributed by atoms with Crippen molar-refractivity contribution in [1.82, 2.24) is 10.0 Å². The minimum absolute atomic E-state index is 0.0762. The van der Waals surface area contributed by atoms with E-state index in [0.717, 1.165) is 18.6 Å². The summed E-state index contributed by atoms with van der Waals surface area (Å²) < 4.78 is 54.8. The molecule has 0 saturated carbocycles. The summed E-state index contributed by atoms with van der Waals surface area (Å²) in [5.74, 6) is -1.80. The SMILES string of the molecule is CCCC(CC)NS(=O)(=O)c1ccc(F)c(CNC)c1F. The Hall–Kier alpha value is -1.05. The van der Waals surface area contributed by atoms with Crippen LogP contribution in [0.1, 0.15) is 38.7 Å². The van der Waals surface area contributed by atoms with Crippen molar-refractivity contribution in [2.24, 2.45) is 0 Å². The van der Waals surface area contributed by atoms with Gasteiger partial charge in [0.05, 0.1) is 0 Å². The van der Waals surface area contributed by atoms with E-state index in [1.54, 1.807) is 0 Å². The molecule has 21 heavy (non-hydrogen) atoms. The van der Waals surface area contributed by atoms with Crippen LogP contribution in [-0.2, 0) is 16.6 Å². The standard InChI is InChI=1S/C14H22F2N2O2S/c1-4-6-10(5-2)18-21(19,20)13-8-7-12(15)11(9-17-3)14(13)16/h7-8,10,17-18H,4-6,9H2,1-3H3. The summed E-state index contributed by atoms with van der Waals surface area (Å²) in [6.45, 7) is 3.73. The average Bonchev–Trinajstić information content (AvgIpc) is 2.42. The first-order valence-electron chi connectivity index (χ1n) is 7.01. The number of rotatable bonds is 8. The molecule has 0 aromatic heterocycles. The van der Waals surface area contributed by atoms with E-state index in [1.807, 2.05) is 13.8 Å². The Bertz CT molecular complexity index is 577. The van der Waals surface area contributed by atoms with E-state index < -0.39 is 26.6 Å². The molecule has 0 radical (unpaired) electrons. The normalized spacial score (nSPS) is 13.4. The van der Waals surface area contributed by atoms with Crippen molar-refractivity contribution in [2.75, 3.05) is 7.05 Å². The lowest BCUT2D eigenvalue weighted by atomic mass is 10.1. The maximum Gasteiger partial charge on any atom is 0.243 e. The van der Waals surface area contributed by atoms with Crippen LogP contribution in [0.5, 0.6) is 0 Å². The molecule has 0 aliphatic carbocycles. The van der Waals surface area contributed by atoms with Gasteiger partial charge in [-0.3, -0.25) is 0 Å². The first-order chi connectivity index (χ1) is 9.87. The van der Waals surface area contributed by atoms with Crippen LogP contribution < -0.4 is 10.0 Å². The quantitative estimate of drug-likeness (QED) is 0.774. The minimum atomic E-state index is -4.00. The Labute approximate surface area is 125 Å². The van der Waals surface area contributed by atoms with E-state index in [-0.39, 0.29) is 18.2 Å². The molecular formula is C14H22F2N2O2S. The predicted octanol–water partition coefficient (Wildman–Crippen LogP) is 2.54. The Morgan fingerprint density at radius 2 is 1.90 bits per heavy atom. The van der Waals surface area contributed by atoms with Crippen molar-refractivity contribution in [3.8, 4) is 0 Å². The second kappa shape index (κ2) is 7.82. The van der Waals surface area contributed by atoms with Gasteiger partial charge in [-0.25, -0.2) is 21.9 Å². The molecule has 0 aliphatic rings. The Balaban J connectivity index is 3.17.